The lowest BCUT2D eigenvalue weighted by atomic mass is 10.00. The highest BCUT2D eigenvalue weighted by Crippen LogP contribution is 2.36. The first-order valence-corrected chi connectivity index (χ1v) is 8.63. The molecule has 0 aliphatic carbocycles. The Morgan fingerprint density at radius 3 is 2.42 bits per heavy atom. The second kappa shape index (κ2) is 5.67. The van der Waals surface area contributed by atoms with E-state index >= 15 is 0 Å². The first kappa shape index (κ1) is 18.1. The molecule has 0 spiro atoms. The van der Waals surface area contributed by atoms with Crippen molar-refractivity contribution in [1.82, 2.24) is 9.66 Å². The van der Waals surface area contributed by atoms with Gasteiger partial charge in [-0.3, -0.25) is 4.79 Å². The van der Waals surface area contributed by atoms with Crippen LogP contribution in [0.1, 0.15) is 24.2 Å². The lowest BCUT2D eigenvalue weighted by molar-refractivity contribution is -0.139. The summed E-state index contributed by atoms with van der Waals surface area (Å²) in [5, 5.41) is 9.29. The van der Waals surface area contributed by atoms with E-state index in [9.17, 15) is 32.1 Å². The Labute approximate surface area is 133 Å². The van der Waals surface area contributed by atoms with Crippen LogP contribution in [0.3, 0.4) is 0 Å². The quantitative estimate of drug-likeness (QED) is 0.692. The fourth-order valence-electron chi connectivity index (χ4n) is 2.15. The summed E-state index contributed by atoms with van der Waals surface area (Å²) < 4.78 is 51.3. The van der Waals surface area contributed by atoms with Crippen LogP contribution in [0.4, 0.5) is 13.2 Å². The first-order chi connectivity index (χ1) is 10.8. The zero-order valence-corrected chi connectivity index (χ0v) is 13.4. The number of halogens is 3. The van der Waals surface area contributed by atoms with E-state index in [0.29, 0.717) is 10.7 Å². The number of nitrogens with one attached hydrogen (secondary N) is 2. The van der Waals surface area contributed by atoms with Crippen LogP contribution in [0.25, 0.3) is 10.9 Å². The number of rotatable bonds is 3. The standard InChI is InChI=1S/C13H14F3N3O4S/c1-6(20)7-4-8-10(5-9(7)13(14,15)16)17-12(22)19(11(8)21)18-24(2,3)23/h4-6,20H,2H2,1,3H3,(H,17,22)(H,18,23). The summed E-state index contributed by atoms with van der Waals surface area (Å²) in [6, 6.07) is 1.43. The summed E-state index contributed by atoms with van der Waals surface area (Å²) in [4.78, 5) is 28.4. The molecule has 1 aromatic heterocycles. The van der Waals surface area contributed by atoms with Crippen molar-refractivity contribution < 1.29 is 22.5 Å². The number of aromatic nitrogens is 2. The van der Waals surface area contributed by atoms with E-state index in [1.807, 2.05) is 0 Å². The molecule has 0 amide bonds. The molecule has 1 heterocycles. The predicted molar refractivity (Wildman–Crippen MR) is 85.0 cm³/mol. The van der Waals surface area contributed by atoms with Crippen molar-refractivity contribution in [1.29, 1.82) is 0 Å². The van der Waals surface area contributed by atoms with Crippen LogP contribution in [0.15, 0.2) is 21.7 Å². The van der Waals surface area contributed by atoms with Crippen molar-refractivity contribution in [3.63, 3.8) is 0 Å². The van der Waals surface area contributed by atoms with Gasteiger partial charge in [0.05, 0.1) is 32.3 Å². The number of aliphatic hydroxyl groups is 1. The van der Waals surface area contributed by atoms with Crippen LogP contribution in [0.2, 0.25) is 0 Å². The largest absolute Gasteiger partial charge is 0.416 e. The van der Waals surface area contributed by atoms with Gasteiger partial charge in [0.1, 0.15) is 0 Å². The molecule has 132 valence electrons. The second-order valence-electron chi connectivity index (χ2n) is 5.33. The van der Waals surface area contributed by atoms with Gasteiger partial charge >= 0.3 is 11.9 Å². The summed E-state index contributed by atoms with van der Waals surface area (Å²) in [5.74, 6) is 3.24. The van der Waals surface area contributed by atoms with Crippen molar-refractivity contribution in [2.75, 3.05) is 11.1 Å². The number of benzene rings is 1. The molecule has 7 nitrogen and oxygen atoms in total. The van der Waals surface area contributed by atoms with E-state index in [-0.39, 0.29) is 10.9 Å². The first-order valence-electron chi connectivity index (χ1n) is 6.49. The minimum absolute atomic E-state index is 0.283. The molecular formula is C13H14F3N3O4S. The number of nitrogens with zero attached hydrogens (tertiary/aromatic N) is 1. The van der Waals surface area contributed by atoms with Gasteiger partial charge in [-0.15, -0.1) is 0 Å². The Balaban J connectivity index is 2.90. The summed E-state index contributed by atoms with van der Waals surface area (Å²) in [6.45, 7) is 1.12. The highest BCUT2D eigenvalue weighted by molar-refractivity contribution is 8.00. The molecule has 1 aromatic carbocycles. The van der Waals surface area contributed by atoms with Gasteiger partial charge in [0.25, 0.3) is 5.56 Å². The molecule has 0 aliphatic heterocycles. The highest BCUT2D eigenvalue weighted by Gasteiger charge is 2.35. The second-order valence-corrected chi connectivity index (χ2v) is 7.52. The van der Waals surface area contributed by atoms with Crippen molar-refractivity contribution in [2.45, 2.75) is 19.2 Å². The number of aromatic amines is 1. The van der Waals surface area contributed by atoms with Crippen molar-refractivity contribution in [3.05, 3.63) is 44.1 Å². The summed E-state index contributed by atoms with van der Waals surface area (Å²) in [6.07, 6.45) is -5.14. The topological polar surface area (TPSA) is 104 Å². The SMILES string of the molecule is C=S(C)(=O)Nn1c(=O)[nH]c2cc(C(F)(F)F)c(C(C)O)cc2c1=O. The maximum absolute atomic E-state index is 13.1. The number of aliphatic hydroxyl groups excluding tert-OH is 1. The lowest BCUT2D eigenvalue weighted by Crippen LogP contribution is -2.43. The fourth-order valence-corrected chi connectivity index (χ4v) is 2.70. The van der Waals surface area contributed by atoms with Crippen LogP contribution < -0.4 is 16.1 Å². The molecule has 0 saturated heterocycles. The van der Waals surface area contributed by atoms with Gasteiger partial charge < -0.3 is 10.1 Å². The third kappa shape index (κ3) is 3.46. The lowest BCUT2D eigenvalue weighted by Gasteiger charge is -2.17. The average molecular weight is 365 g/mol. The monoisotopic (exact) mass is 365 g/mol. The van der Waals surface area contributed by atoms with Crippen molar-refractivity contribution >= 4 is 26.5 Å². The van der Waals surface area contributed by atoms with Gasteiger partial charge in [-0.1, -0.05) is 0 Å². The third-order valence-electron chi connectivity index (χ3n) is 3.11. The summed E-state index contributed by atoms with van der Waals surface area (Å²) >= 11 is 0. The average Bonchev–Trinajstić information content (AvgIpc) is 2.40. The van der Waals surface area contributed by atoms with Gasteiger partial charge in [-0.05, 0) is 30.5 Å². The van der Waals surface area contributed by atoms with Gasteiger partial charge in [0.2, 0.25) is 0 Å². The number of H-pyrrole nitrogens is 1. The fraction of sp³-hybridized carbons (Fsp3) is 0.308. The minimum atomic E-state index is -4.78. The molecule has 2 unspecified atom stereocenters. The third-order valence-corrected chi connectivity index (χ3v) is 3.68. The van der Waals surface area contributed by atoms with E-state index in [0.717, 1.165) is 19.2 Å². The van der Waals surface area contributed by atoms with Gasteiger partial charge in [0, 0.05) is 6.26 Å². The van der Waals surface area contributed by atoms with Crippen LogP contribution in [0, 0.1) is 0 Å². The highest BCUT2D eigenvalue weighted by atomic mass is 32.2. The Kier molecular flexibility index (Phi) is 4.27. The number of hydrogen-bond acceptors (Lipinski definition) is 4. The van der Waals surface area contributed by atoms with Gasteiger partial charge in [-0.25, -0.2) is 13.8 Å². The molecule has 2 atom stereocenters. The Bertz CT molecular complexity index is 1020. The molecular weight excluding hydrogens is 351 g/mol. The molecule has 2 aromatic rings. The zero-order valence-electron chi connectivity index (χ0n) is 12.6. The van der Waals surface area contributed by atoms with E-state index in [4.69, 9.17) is 0 Å². The van der Waals surface area contributed by atoms with E-state index < -0.39 is 44.4 Å². The van der Waals surface area contributed by atoms with Crippen LogP contribution in [-0.2, 0) is 15.9 Å². The smallest absolute Gasteiger partial charge is 0.389 e. The van der Waals surface area contributed by atoms with Crippen LogP contribution >= 0.6 is 0 Å². The van der Waals surface area contributed by atoms with Gasteiger partial charge in [0.15, 0.2) is 0 Å². The zero-order chi connectivity index (χ0) is 18.4. The number of hydrogen-bond donors (Lipinski definition) is 3. The van der Waals surface area contributed by atoms with Crippen molar-refractivity contribution in [3.8, 4) is 0 Å². The number of fused-ring (bicyclic) bond motifs is 1. The molecule has 24 heavy (non-hydrogen) atoms. The summed E-state index contributed by atoms with van der Waals surface area (Å²) in [5.41, 5.74) is -4.14. The molecule has 11 heteroatoms. The van der Waals surface area contributed by atoms with E-state index in [1.165, 1.54) is 0 Å². The Morgan fingerprint density at radius 1 is 1.38 bits per heavy atom. The summed E-state index contributed by atoms with van der Waals surface area (Å²) in [7, 11) is -2.99. The van der Waals surface area contributed by atoms with Crippen molar-refractivity contribution in [2.24, 2.45) is 0 Å². The molecule has 0 aliphatic rings. The maximum atomic E-state index is 13.1. The van der Waals surface area contributed by atoms with Crippen LogP contribution in [0.5, 0.6) is 0 Å². The molecule has 2 rings (SSSR count). The molecule has 0 bridgehead atoms. The maximum Gasteiger partial charge on any atom is 0.416 e. The number of alkyl halides is 3. The Morgan fingerprint density at radius 2 is 1.96 bits per heavy atom. The molecule has 3 N–H and O–H groups in total. The normalized spacial score (nSPS) is 15.9. The molecule has 0 radical (unpaired) electrons. The van der Waals surface area contributed by atoms with E-state index in [2.05, 4.69) is 15.7 Å². The predicted octanol–water partition coefficient (Wildman–Crippen LogP) is 0.567. The van der Waals surface area contributed by atoms with E-state index in [1.54, 1.807) is 0 Å². The minimum Gasteiger partial charge on any atom is -0.389 e. The Hall–Kier alpha value is -2.27. The molecule has 0 saturated carbocycles. The van der Waals surface area contributed by atoms with Crippen LogP contribution in [-0.4, -0.2) is 31.1 Å². The van der Waals surface area contributed by atoms with Gasteiger partial charge in [-0.2, -0.15) is 17.8 Å². The molecule has 0 fully saturated rings.